The number of aliphatic hydroxyl groups is 1. The second kappa shape index (κ2) is 17.0. The predicted octanol–water partition coefficient (Wildman–Crippen LogP) is 7.96. The van der Waals surface area contributed by atoms with Gasteiger partial charge in [0.15, 0.2) is 0 Å². The summed E-state index contributed by atoms with van der Waals surface area (Å²) in [6.07, 6.45) is 3.26. The molecule has 3 aliphatic rings. The third-order valence-electron chi connectivity index (χ3n) is 14.2. The van der Waals surface area contributed by atoms with E-state index in [9.17, 15) is 24.3 Å². The van der Waals surface area contributed by atoms with Gasteiger partial charge in [-0.2, -0.15) is 0 Å². The van der Waals surface area contributed by atoms with Crippen LogP contribution in [0, 0.1) is 17.8 Å². The van der Waals surface area contributed by atoms with Gasteiger partial charge in [0.25, 0.3) is 0 Å². The number of amides is 4. The average molecular weight is 885 g/mol. The number of carbonyl (C=O) groups is 4. The van der Waals surface area contributed by atoms with Crippen molar-refractivity contribution in [3.05, 3.63) is 72.3 Å². The molecule has 0 radical (unpaired) electrons. The lowest BCUT2D eigenvalue weighted by Crippen LogP contribution is -2.55. The molecule has 1 saturated carbocycles. The summed E-state index contributed by atoms with van der Waals surface area (Å²) in [5.41, 5.74) is 5.71. The van der Waals surface area contributed by atoms with E-state index in [0.717, 1.165) is 104 Å². The first kappa shape index (κ1) is 43.4. The topological polar surface area (TPSA) is 186 Å². The highest BCUT2D eigenvalue weighted by Crippen LogP contribution is 2.49. The monoisotopic (exact) mass is 884 g/mol. The molecule has 5 unspecified atom stereocenters. The molecule has 15 heteroatoms. The van der Waals surface area contributed by atoms with Crippen molar-refractivity contribution >= 4 is 75.5 Å². The number of methoxy groups -OCH3 is 1. The first-order valence-corrected chi connectivity index (χ1v) is 26.3. The molecule has 2 aromatic heterocycles. The quantitative estimate of drug-likeness (QED) is 0.0858. The van der Waals surface area contributed by atoms with E-state index in [0.29, 0.717) is 6.54 Å². The Morgan fingerprint density at radius 3 is 2.00 bits per heavy atom. The Morgan fingerprint density at radius 2 is 1.41 bits per heavy atom. The molecule has 14 nitrogen and oxygen atoms in total. The number of nitrogens with zero attached hydrogens (tertiary/aromatic N) is 4. The molecule has 4 amide bonds. The minimum atomic E-state index is -1.64. The molecule has 4 heterocycles. The summed E-state index contributed by atoms with van der Waals surface area (Å²) >= 11 is 0. The molecule has 5 N–H and O–H groups in total. The number of hydrogen-bond donors (Lipinski definition) is 5. The van der Waals surface area contributed by atoms with Gasteiger partial charge in [-0.15, -0.1) is 0 Å². The Morgan fingerprint density at radius 1 is 0.812 bits per heavy atom. The number of H-pyrrole nitrogens is 2. The van der Waals surface area contributed by atoms with Gasteiger partial charge in [0.05, 0.1) is 49.3 Å². The normalized spacial score (nSPS) is 21.8. The van der Waals surface area contributed by atoms with Crippen LogP contribution >= 0.6 is 0 Å². The molecule has 2 bridgehead atoms. The van der Waals surface area contributed by atoms with Crippen LogP contribution in [0.2, 0.25) is 25.2 Å². The Kier molecular flexibility index (Phi) is 11.5. The van der Waals surface area contributed by atoms with E-state index in [-0.39, 0.29) is 47.7 Å². The fourth-order valence-corrected chi connectivity index (χ4v) is 13.3. The molecule has 6 aromatic rings. The summed E-state index contributed by atoms with van der Waals surface area (Å²) in [5.74, 6) is 0.757. The molecule has 64 heavy (non-hydrogen) atoms. The maximum atomic E-state index is 14.3. The molecule has 9 rings (SSSR count). The number of nitrogens with one attached hydrogen (secondary N) is 4. The second-order valence-electron chi connectivity index (χ2n) is 19.8. The molecular formula is C49H60N8O6Si. The predicted molar refractivity (Wildman–Crippen MR) is 251 cm³/mol. The van der Waals surface area contributed by atoms with Gasteiger partial charge in [0.1, 0.15) is 30.3 Å². The summed E-state index contributed by atoms with van der Waals surface area (Å²) in [6, 6.07) is 21.3. The van der Waals surface area contributed by atoms with Gasteiger partial charge < -0.3 is 40.2 Å². The average Bonchev–Trinajstić information content (AvgIpc) is 3.99. The number of alkyl carbamates (subject to hydrolysis) is 1. The number of rotatable bonds is 10. The summed E-state index contributed by atoms with van der Waals surface area (Å²) in [4.78, 5) is 74.3. The molecular weight excluding hydrogens is 825 g/mol. The Balaban J connectivity index is 1.01. The van der Waals surface area contributed by atoms with Gasteiger partial charge in [-0.1, -0.05) is 83.6 Å². The number of hydrogen-bond acceptors (Lipinski definition) is 8. The zero-order valence-corrected chi connectivity index (χ0v) is 38.8. The number of carbonyl (C=O) groups excluding carboxylic acids is 4. The van der Waals surface area contributed by atoms with Crippen LogP contribution in [0.25, 0.3) is 54.7 Å². The van der Waals surface area contributed by atoms with Crippen LogP contribution in [0.15, 0.2) is 60.7 Å². The van der Waals surface area contributed by atoms with Crippen molar-refractivity contribution in [1.82, 2.24) is 40.4 Å². The molecule has 6 atom stereocenters. The highest BCUT2D eigenvalue weighted by Gasteiger charge is 2.50. The van der Waals surface area contributed by atoms with Crippen molar-refractivity contribution in [3.8, 4) is 11.1 Å². The van der Waals surface area contributed by atoms with Crippen LogP contribution in [0.5, 0.6) is 0 Å². The van der Waals surface area contributed by atoms with E-state index >= 15 is 0 Å². The summed E-state index contributed by atoms with van der Waals surface area (Å²) in [6.45, 7) is 12.4. The SMILES string of the molecule is COC(=O)NC(C(=O)N1CC[Si](C)(C)CC1c1nc2ccc3cc(-c4ccc5c(ccc6nc([C@@H]7C8CCCC(C8)N7C(=O)C(NC(=O)CO)C(C)C)[nH]c65)c4)ccc3c2[nH]1)C(C)C. The molecule has 2 saturated heterocycles. The van der Waals surface area contributed by atoms with E-state index < -0.39 is 38.8 Å². The highest BCUT2D eigenvalue weighted by molar-refractivity contribution is 6.77. The van der Waals surface area contributed by atoms with Crippen LogP contribution in [0.1, 0.15) is 77.1 Å². The Bertz CT molecular complexity index is 2800. The van der Waals surface area contributed by atoms with E-state index in [2.05, 4.69) is 82.2 Å². The minimum absolute atomic E-state index is 0.0806. The van der Waals surface area contributed by atoms with E-state index in [4.69, 9.17) is 14.7 Å². The molecule has 2 aliphatic heterocycles. The summed E-state index contributed by atoms with van der Waals surface area (Å²) < 4.78 is 4.86. The van der Waals surface area contributed by atoms with Crippen molar-refractivity contribution in [2.75, 3.05) is 20.3 Å². The van der Waals surface area contributed by atoms with Crippen LogP contribution in [0.3, 0.4) is 0 Å². The smallest absolute Gasteiger partial charge is 0.407 e. The van der Waals surface area contributed by atoms with Crippen molar-refractivity contribution in [2.24, 2.45) is 17.8 Å². The van der Waals surface area contributed by atoms with Gasteiger partial charge in [-0.25, -0.2) is 14.8 Å². The third kappa shape index (κ3) is 7.90. The molecule has 1 aliphatic carbocycles. The van der Waals surface area contributed by atoms with Crippen molar-refractivity contribution in [3.63, 3.8) is 0 Å². The van der Waals surface area contributed by atoms with Crippen LogP contribution in [0.4, 0.5) is 4.79 Å². The number of aromatic amines is 2. The number of likely N-dealkylation sites (tertiary alicyclic amines) is 1. The lowest BCUT2D eigenvalue weighted by Gasteiger charge is -2.43. The molecule has 4 aromatic carbocycles. The highest BCUT2D eigenvalue weighted by atomic mass is 28.3. The van der Waals surface area contributed by atoms with Crippen molar-refractivity contribution in [1.29, 1.82) is 0 Å². The summed E-state index contributed by atoms with van der Waals surface area (Å²) in [7, 11) is -0.333. The van der Waals surface area contributed by atoms with Crippen LogP contribution in [-0.2, 0) is 19.1 Å². The number of fused-ring (bicyclic) bond motifs is 8. The number of imidazole rings is 2. The van der Waals surface area contributed by atoms with Gasteiger partial charge in [0.2, 0.25) is 17.7 Å². The number of aliphatic hydroxyl groups excluding tert-OH is 1. The first-order chi connectivity index (χ1) is 30.6. The largest absolute Gasteiger partial charge is 0.453 e. The Hall–Kier alpha value is -5.80. The molecule has 3 fully saturated rings. The molecule has 336 valence electrons. The Labute approximate surface area is 373 Å². The van der Waals surface area contributed by atoms with Gasteiger partial charge >= 0.3 is 6.09 Å². The maximum Gasteiger partial charge on any atom is 0.407 e. The van der Waals surface area contributed by atoms with Crippen LogP contribution in [-0.4, -0.2) is 105 Å². The van der Waals surface area contributed by atoms with Gasteiger partial charge in [-0.3, -0.25) is 14.4 Å². The fourth-order valence-electron chi connectivity index (χ4n) is 10.8. The molecule has 0 spiro atoms. The maximum absolute atomic E-state index is 14.3. The van der Waals surface area contributed by atoms with Crippen molar-refractivity contribution < 1.29 is 29.0 Å². The standard InChI is InChI=1S/C49H60N8O6Si/c1-26(2)40(55-49(62)63-5)47(60)56-19-20-64(6,7)25-38(56)45-50-36-17-13-30-21-28(11-15-34(30)42(36)53-45)29-12-16-35-31(22-29)14-18-37-43(35)54-46(51-37)44-32-9-8-10-33(23-32)57(44)48(61)41(27(3)4)52-39(59)24-58/h11-18,21-22,26-27,32-33,38,40-41,44,58H,8-10,19-20,23-25H2,1-7H3,(H,50,53)(H,51,54)(H,52,59)(H,55,62)/t32?,33?,38?,40?,41?,44-/m0/s1. The summed E-state index contributed by atoms with van der Waals surface area (Å²) in [5, 5.41) is 19.2. The number of ether oxygens (including phenoxy) is 1. The van der Waals surface area contributed by atoms with Gasteiger partial charge in [0, 0.05) is 23.4 Å². The van der Waals surface area contributed by atoms with Gasteiger partial charge in [-0.05, 0) is 95.3 Å². The minimum Gasteiger partial charge on any atom is -0.453 e. The number of aromatic nitrogens is 4. The van der Waals surface area contributed by atoms with E-state index in [1.54, 1.807) is 0 Å². The zero-order chi connectivity index (χ0) is 45.2. The van der Waals surface area contributed by atoms with Crippen molar-refractivity contribution in [2.45, 2.75) is 109 Å². The lowest BCUT2D eigenvalue weighted by molar-refractivity contribution is -0.141. The number of benzene rings is 4. The first-order valence-electron chi connectivity index (χ1n) is 22.9. The van der Waals surface area contributed by atoms with Crippen LogP contribution < -0.4 is 10.6 Å². The zero-order valence-electron chi connectivity index (χ0n) is 37.8. The van der Waals surface area contributed by atoms with E-state index in [1.165, 1.54) is 7.11 Å². The fraction of sp³-hybridized carbons (Fsp3) is 0.469. The van der Waals surface area contributed by atoms with E-state index in [1.807, 2.05) is 49.6 Å². The lowest BCUT2D eigenvalue weighted by atomic mass is 9.87. The second-order valence-corrected chi connectivity index (χ2v) is 25.0. The third-order valence-corrected chi connectivity index (χ3v) is 17.3.